The fraction of sp³-hybridized carbons (Fsp3) is 0.833. The molecule has 9 heteroatoms. The van der Waals surface area contributed by atoms with Gasteiger partial charge in [-0.15, -0.1) is 0 Å². The zero-order chi connectivity index (χ0) is 21.1. The van der Waals surface area contributed by atoms with Gasteiger partial charge in [-0.2, -0.15) is 0 Å². The largest absolute Gasteiger partial charge is 0.479 e. The summed E-state index contributed by atoms with van der Waals surface area (Å²) in [5.74, 6) is 3.37. The van der Waals surface area contributed by atoms with Gasteiger partial charge in [0.25, 0.3) is 0 Å². The lowest BCUT2D eigenvalue weighted by atomic mass is 9.88. The van der Waals surface area contributed by atoms with Crippen molar-refractivity contribution in [1.29, 1.82) is 0 Å². The van der Waals surface area contributed by atoms with Crippen molar-refractivity contribution in [2.24, 2.45) is 16.7 Å². The minimum Gasteiger partial charge on any atom is -0.479 e. The van der Waals surface area contributed by atoms with E-state index in [2.05, 4.69) is 15.5 Å². The molecule has 2 amide bonds. The predicted molar refractivity (Wildman–Crippen MR) is 101 cm³/mol. The van der Waals surface area contributed by atoms with Crippen LogP contribution in [0.1, 0.15) is 53.9 Å². The molecule has 0 spiro atoms. The molecule has 0 aliphatic rings. The summed E-state index contributed by atoms with van der Waals surface area (Å²) < 4.78 is 5.85. The lowest BCUT2D eigenvalue weighted by Gasteiger charge is -2.31. The Labute approximate surface area is 161 Å². The van der Waals surface area contributed by atoms with Gasteiger partial charge in [0.2, 0.25) is 11.8 Å². The van der Waals surface area contributed by atoms with Crippen LogP contribution in [0.4, 0.5) is 0 Å². The third-order valence-electron chi connectivity index (χ3n) is 4.40. The van der Waals surface area contributed by atoms with E-state index in [9.17, 15) is 14.4 Å². The number of hydrogen-bond donors (Lipinski definition) is 4. The highest BCUT2D eigenvalue weighted by molar-refractivity contribution is 5.78. The molecule has 0 bridgehead atoms. The molecule has 27 heavy (non-hydrogen) atoms. The Hall–Kier alpha value is -1.71. The quantitative estimate of drug-likeness (QED) is 0.322. The molecule has 2 atom stereocenters. The Morgan fingerprint density at radius 3 is 2.22 bits per heavy atom. The first-order valence-electron chi connectivity index (χ1n) is 9.12. The summed E-state index contributed by atoms with van der Waals surface area (Å²) in [4.78, 5) is 38.1. The van der Waals surface area contributed by atoms with Crippen molar-refractivity contribution in [2.45, 2.75) is 60.0 Å². The first kappa shape index (κ1) is 25.3. The van der Waals surface area contributed by atoms with Gasteiger partial charge >= 0.3 is 5.97 Å². The maximum Gasteiger partial charge on any atom is 0.334 e. The maximum atomic E-state index is 11.9. The average Bonchev–Trinajstić information content (AvgIpc) is 2.58. The van der Waals surface area contributed by atoms with Gasteiger partial charge in [-0.25, -0.2) is 10.7 Å². The molecular formula is C18H35N3O6. The molecule has 9 nitrogen and oxygen atoms in total. The first-order valence-corrected chi connectivity index (χ1v) is 9.12. The van der Waals surface area contributed by atoms with E-state index in [1.54, 1.807) is 0 Å². The van der Waals surface area contributed by atoms with Crippen LogP contribution in [0.2, 0.25) is 0 Å². The van der Waals surface area contributed by atoms with Crippen LogP contribution in [0, 0.1) is 10.8 Å². The summed E-state index contributed by atoms with van der Waals surface area (Å²) >= 11 is 0. The molecule has 0 aromatic carbocycles. The monoisotopic (exact) mass is 389 g/mol. The first-order chi connectivity index (χ1) is 12.4. The molecule has 0 saturated heterocycles. The second-order valence-corrected chi connectivity index (χ2v) is 8.01. The second kappa shape index (κ2) is 11.9. The van der Waals surface area contributed by atoms with Gasteiger partial charge in [0.15, 0.2) is 6.10 Å². The van der Waals surface area contributed by atoms with Crippen molar-refractivity contribution in [3.05, 3.63) is 0 Å². The molecule has 0 rings (SSSR count). The molecule has 0 aliphatic carbocycles. The SMILES string of the molecule is CCC(C)(CNC(=O)CCC(ON)C(=O)O)COCC(C)(C)CNC(C)=O. The fourth-order valence-corrected chi connectivity index (χ4v) is 2.18. The van der Waals surface area contributed by atoms with Gasteiger partial charge in [0, 0.05) is 37.3 Å². The summed E-state index contributed by atoms with van der Waals surface area (Å²) in [6.45, 7) is 11.4. The van der Waals surface area contributed by atoms with E-state index in [1.165, 1.54) is 6.92 Å². The second-order valence-electron chi connectivity index (χ2n) is 8.01. The van der Waals surface area contributed by atoms with Crippen molar-refractivity contribution in [3.8, 4) is 0 Å². The van der Waals surface area contributed by atoms with Crippen LogP contribution in [-0.2, 0) is 24.0 Å². The Balaban J connectivity index is 4.33. The van der Waals surface area contributed by atoms with Crippen LogP contribution >= 0.6 is 0 Å². The van der Waals surface area contributed by atoms with E-state index in [0.29, 0.717) is 26.3 Å². The van der Waals surface area contributed by atoms with E-state index in [0.717, 1.165) is 6.42 Å². The molecule has 0 aromatic rings. The zero-order valence-electron chi connectivity index (χ0n) is 17.1. The van der Waals surface area contributed by atoms with E-state index in [-0.39, 0.29) is 35.5 Å². The minimum atomic E-state index is -1.20. The highest BCUT2D eigenvalue weighted by atomic mass is 16.6. The molecule has 0 aromatic heterocycles. The predicted octanol–water partition coefficient (Wildman–Crippen LogP) is 0.822. The number of nitrogens with two attached hydrogens (primary N) is 1. The van der Waals surface area contributed by atoms with Crippen LogP contribution in [0.25, 0.3) is 0 Å². The van der Waals surface area contributed by atoms with Gasteiger partial charge in [-0.1, -0.05) is 27.7 Å². The number of carbonyl (C=O) groups excluding carboxylic acids is 2. The normalized spacial score (nSPS) is 14.9. The summed E-state index contributed by atoms with van der Waals surface area (Å²) in [6.07, 6.45) is -0.377. The van der Waals surface area contributed by atoms with Gasteiger partial charge in [0.1, 0.15) is 0 Å². The molecular weight excluding hydrogens is 354 g/mol. The van der Waals surface area contributed by atoms with E-state index in [1.807, 2.05) is 27.7 Å². The van der Waals surface area contributed by atoms with Gasteiger partial charge in [-0.3, -0.25) is 14.4 Å². The lowest BCUT2D eigenvalue weighted by Crippen LogP contribution is -2.41. The summed E-state index contributed by atoms with van der Waals surface area (Å²) in [5.41, 5.74) is -0.450. The molecule has 5 N–H and O–H groups in total. The number of aliphatic carboxylic acids is 1. The summed E-state index contributed by atoms with van der Waals surface area (Å²) in [7, 11) is 0. The average molecular weight is 389 g/mol. The van der Waals surface area contributed by atoms with Crippen molar-refractivity contribution < 1.29 is 29.1 Å². The number of amides is 2. The number of carboxylic acid groups (broad SMARTS) is 1. The molecule has 158 valence electrons. The van der Waals surface area contributed by atoms with Crippen LogP contribution < -0.4 is 16.5 Å². The third kappa shape index (κ3) is 11.6. The van der Waals surface area contributed by atoms with Crippen molar-refractivity contribution >= 4 is 17.8 Å². The van der Waals surface area contributed by atoms with Crippen LogP contribution in [-0.4, -0.2) is 55.3 Å². The number of nitrogens with one attached hydrogen (secondary N) is 2. The van der Waals surface area contributed by atoms with Crippen molar-refractivity contribution in [3.63, 3.8) is 0 Å². The maximum absolute atomic E-state index is 11.9. The molecule has 0 radical (unpaired) electrons. The van der Waals surface area contributed by atoms with Gasteiger partial charge in [0.05, 0.1) is 13.2 Å². The smallest absolute Gasteiger partial charge is 0.334 e. The Morgan fingerprint density at radius 2 is 1.74 bits per heavy atom. The summed E-state index contributed by atoms with van der Waals surface area (Å²) in [6, 6.07) is 0. The van der Waals surface area contributed by atoms with Crippen LogP contribution in [0.5, 0.6) is 0 Å². The fourth-order valence-electron chi connectivity index (χ4n) is 2.18. The van der Waals surface area contributed by atoms with E-state index in [4.69, 9.17) is 15.7 Å². The number of rotatable bonds is 14. The molecule has 0 saturated carbocycles. The van der Waals surface area contributed by atoms with E-state index < -0.39 is 12.1 Å². The van der Waals surface area contributed by atoms with Crippen molar-refractivity contribution in [2.75, 3.05) is 26.3 Å². The number of carbonyl (C=O) groups is 3. The van der Waals surface area contributed by atoms with Crippen LogP contribution in [0.15, 0.2) is 0 Å². The Kier molecular flexibility index (Phi) is 11.1. The zero-order valence-corrected chi connectivity index (χ0v) is 17.1. The highest BCUT2D eigenvalue weighted by Crippen LogP contribution is 2.22. The Bertz CT molecular complexity index is 497. The number of hydrogen-bond acceptors (Lipinski definition) is 6. The molecule has 2 unspecified atom stereocenters. The topological polar surface area (TPSA) is 140 Å². The van der Waals surface area contributed by atoms with Gasteiger partial charge < -0.3 is 20.5 Å². The van der Waals surface area contributed by atoms with E-state index >= 15 is 0 Å². The standard InChI is InChI=1S/C18H35N3O6/c1-6-18(5,12-26-11-17(3,4)9-20-13(2)22)10-21-15(23)8-7-14(27-19)16(24)25/h14H,6-12,19H2,1-5H3,(H,20,22)(H,21,23)(H,24,25). The molecule has 0 fully saturated rings. The number of carboxylic acids is 1. The van der Waals surface area contributed by atoms with Gasteiger partial charge in [-0.05, 0) is 12.8 Å². The van der Waals surface area contributed by atoms with Crippen LogP contribution in [0.3, 0.4) is 0 Å². The third-order valence-corrected chi connectivity index (χ3v) is 4.40. The van der Waals surface area contributed by atoms with Crippen molar-refractivity contribution in [1.82, 2.24) is 10.6 Å². The highest BCUT2D eigenvalue weighted by Gasteiger charge is 2.26. The lowest BCUT2D eigenvalue weighted by molar-refractivity contribution is -0.151. The summed E-state index contributed by atoms with van der Waals surface area (Å²) in [5, 5.41) is 14.4. The number of ether oxygens (including phenoxy) is 1. The molecule has 0 aliphatic heterocycles. The molecule has 0 heterocycles. The Morgan fingerprint density at radius 1 is 1.11 bits per heavy atom. The minimum absolute atomic E-state index is 0.00828.